The summed E-state index contributed by atoms with van der Waals surface area (Å²) < 4.78 is 0. The van der Waals surface area contributed by atoms with Crippen LogP contribution in [-0.2, 0) is 0 Å². The molecule has 1 aromatic heterocycles. The van der Waals surface area contributed by atoms with Gasteiger partial charge in [0.25, 0.3) is 0 Å². The number of carbonyl (C=O) groups is 1. The second-order valence-electron chi connectivity index (χ2n) is 3.30. The third kappa shape index (κ3) is 2.07. The van der Waals surface area contributed by atoms with Gasteiger partial charge in [-0.15, -0.1) is 0 Å². The summed E-state index contributed by atoms with van der Waals surface area (Å²) >= 11 is 0. The molecule has 0 atom stereocenters. The molecule has 2 rings (SSSR count). The molecule has 3 heteroatoms. The zero-order valence-corrected chi connectivity index (χ0v) is 8.34. The van der Waals surface area contributed by atoms with Crippen LogP contribution in [-0.4, -0.2) is 16.5 Å². The summed E-state index contributed by atoms with van der Waals surface area (Å²) in [5, 5.41) is 8.03. The Kier molecular flexibility index (Phi) is 2.54. The van der Waals surface area contributed by atoms with E-state index >= 15 is 0 Å². The number of aldehydes is 1. The molecule has 0 aliphatic heterocycles. The standard InChI is InChI=1S/C12H10N2O/c1-9-5-6-12(14-13-9)11-4-2-3-10(7-11)8-15/h2-8H,1H3. The lowest BCUT2D eigenvalue weighted by Crippen LogP contribution is -1.90. The summed E-state index contributed by atoms with van der Waals surface area (Å²) in [6.07, 6.45) is 0.825. The second kappa shape index (κ2) is 4.00. The van der Waals surface area contributed by atoms with Crippen molar-refractivity contribution in [1.29, 1.82) is 0 Å². The molecule has 0 bridgehead atoms. The number of carbonyl (C=O) groups excluding carboxylic acids is 1. The van der Waals surface area contributed by atoms with Crippen molar-refractivity contribution in [2.24, 2.45) is 0 Å². The van der Waals surface area contributed by atoms with Gasteiger partial charge in [-0.3, -0.25) is 4.79 Å². The Labute approximate surface area is 87.8 Å². The minimum Gasteiger partial charge on any atom is -0.298 e. The molecule has 0 aliphatic rings. The third-order valence-corrected chi connectivity index (χ3v) is 2.12. The predicted molar refractivity (Wildman–Crippen MR) is 57.6 cm³/mol. The lowest BCUT2D eigenvalue weighted by Gasteiger charge is -2.00. The van der Waals surface area contributed by atoms with Gasteiger partial charge in [0.1, 0.15) is 6.29 Å². The van der Waals surface area contributed by atoms with Crippen molar-refractivity contribution < 1.29 is 4.79 Å². The van der Waals surface area contributed by atoms with Crippen molar-refractivity contribution in [3.8, 4) is 11.3 Å². The van der Waals surface area contributed by atoms with Crippen molar-refractivity contribution >= 4 is 6.29 Å². The highest BCUT2D eigenvalue weighted by Gasteiger charge is 2.00. The Bertz CT molecular complexity index is 477. The normalized spacial score (nSPS) is 9.93. The molecule has 0 unspecified atom stereocenters. The number of benzene rings is 1. The lowest BCUT2D eigenvalue weighted by atomic mass is 10.1. The number of hydrogen-bond donors (Lipinski definition) is 0. The Morgan fingerprint density at radius 1 is 1.13 bits per heavy atom. The van der Waals surface area contributed by atoms with Gasteiger partial charge < -0.3 is 0 Å². The molecule has 0 amide bonds. The summed E-state index contributed by atoms with van der Waals surface area (Å²) in [5.41, 5.74) is 3.22. The van der Waals surface area contributed by atoms with Crippen LogP contribution in [0, 0.1) is 6.92 Å². The number of hydrogen-bond acceptors (Lipinski definition) is 3. The molecular formula is C12H10N2O. The SMILES string of the molecule is Cc1ccc(-c2cccc(C=O)c2)nn1. The first kappa shape index (κ1) is 9.52. The smallest absolute Gasteiger partial charge is 0.150 e. The van der Waals surface area contributed by atoms with E-state index < -0.39 is 0 Å². The number of aryl methyl sites for hydroxylation is 1. The van der Waals surface area contributed by atoms with Gasteiger partial charge in [-0.2, -0.15) is 10.2 Å². The summed E-state index contributed by atoms with van der Waals surface area (Å²) in [6.45, 7) is 1.89. The monoisotopic (exact) mass is 198 g/mol. The van der Waals surface area contributed by atoms with Crippen LogP contribution in [0.2, 0.25) is 0 Å². The first-order valence-corrected chi connectivity index (χ1v) is 4.65. The molecule has 0 spiro atoms. The van der Waals surface area contributed by atoms with E-state index in [2.05, 4.69) is 10.2 Å². The number of rotatable bonds is 2. The summed E-state index contributed by atoms with van der Waals surface area (Å²) in [6, 6.07) is 11.1. The van der Waals surface area contributed by atoms with Crippen LogP contribution >= 0.6 is 0 Å². The average Bonchev–Trinajstić information content (AvgIpc) is 2.30. The van der Waals surface area contributed by atoms with Gasteiger partial charge >= 0.3 is 0 Å². The van der Waals surface area contributed by atoms with Gasteiger partial charge in [-0.05, 0) is 25.1 Å². The summed E-state index contributed by atoms with van der Waals surface area (Å²) in [5.74, 6) is 0. The Morgan fingerprint density at radius 2 is 2.00 bits per heavy atom. The van der Waals surface area contributed by atoms with E-state index in [9.17, 15) is 4.79 Å². The molecule has 2 aromatic rings. The van der Waals surface area contributed by atoms with Crippen LogP contribution in [0.25, 0.3) is 11.3 Å². The number of nitrogens with zero attached hydrogens (tertiary/aromatic N) is 2. The van der Waals surface area contributed by atoms with Gasteiger partial charge in [0.15, 0.2) is 0 Å². The summed E-state index contributed by atoms with van der Waals surface area (Å²) in [7, 11) is 0. The highest BCUT2D eigenvalue weighted by Crippen LogP contribution is 2.16. The number of aromatic nitrogens is 2. The largest absolute Gasteiger partial charge is 0.298 e. The average molecular weight is 198 g/mol. The molecular weight excluding hydrogens is 188 g/mol. The van der Waals surface area contributed by atoms with E-state index in [-0.39, 0.29) is 0 Å². The third-order valence-electron chi connectivity index (χ3n) is 2.12. The van der Waals surface area contributed by atoms with Crippen molar-refractivity contribution in [2.75, 3.05) is 0 Å². The van der Waals surface area contributed by atoms with Crippen molar-refractivity contribution in [2.45, 2.75) is 6.92 Å². The van der Waals surface area contributed by atoms with Gasteiger partial charge in [-0.25, -0.2) is 0 Å². The van der Waals surface area contributed by atoms with Gasteiger partial charge in [0.05, 0.1) is 11.4 Å². The van der Waals surface area contributed by atoms with Crippen molar-refractivity contribution in [3.63, 3.8) is 0 Å². The Hall–Kier alpha value is -2.03. The van der Waals surface area contributed by atoms with E-state index in [4.69, 9.17) is 0 Å². The maximum absolute atomic E-state index is 10.6. The second-order valence-corrected chi connectivity index (χ2v) is 3.30. The Balaban J connectivity index is 2.44. The minimum atomic E-state index is 0.648. The van der Waals surface area contributed by atoms with Gasteiger partial charge in [0.2, 0.25) is 0 Å². The zero-order valence-electron chi connectivity index (χ0n) is 8.34. The van der Waals surface area contributed by atoms with Crippen LogP contribution in [0.15, 0.2) is 36.4 Å². The molecule has 0 saturated heterocycles. The van der Waals surface area contributed by atoms with E-state index in [0.717, 1.165) is 23.2 Å². The van der Waals surface area contributed by atoms with Crippen LogP contribution in [0.3, 0.4) is 0 Å². The highest BCUT2D eigenvalue weighted by atomic mass is 16.1. The molecule has 15 heavy (non-hydrogen) atoms. The molecule has 0 radical (unpaired) electrons. The minimum absolute atomic E-state index is 0.648. The molecule has 74 valence electrons. The van der Waals surface area contributed by atoms with Crippen molar-refractivity contribution in [1.82, 2.24) is 10.2 Å². The lowest BCUT2D eigenvalue weighted by molar-refractivity contribution is 0.112. The quantitative estimate of drug-likeness (QED) is 0.695. The first-order chi connectivity index (χ1) is 7.29. The topological polar surface area (TPSA) is 42.9 Å². The van der Waals surface area contributed by atoms with Gasteiger partial charge in [-0.1, -0.05) is 18.2 Å². The summed E-state index contributed by atoms with van der Waals surface area (Å²) in [4.78, 5) is 10.6. The van der Waals surface area contributed by atoms with Crippen molar-refractivity contribution in [3.05, 3.63) is 47.7 Å². The zero-order chi connectivity index (χ0) is 10.7. The first-order valence-electron chi connectivity index (χ1n) is 4.65. The molecule has 0 N–H and O–H groups in total. The fourth-order valence-corrected chi connectivity index (χ4v) is 1.32. The van der Waals surface area contributed by atoms with E-state index in [1.54, 1.807) is 12.1 Å². The van der Waals surface area contributed by atoms with Crippen LogP contribution in [0.4, 0.5) is 0 Å². The van der Waals surface area contributed by atoms with Crippen LogP contribution < -0.4 is 0 Å². The molecule has 1 heterocycles. The van der Waals surface area contributed by atoms with E-state index in [1.165, 1.54) is 0 Å². The van der Waals surface area contributed by atoms with Crippen LogP contribution in [0.5, 0.6) is 0 Å². The van der Waals surface area contributed by atoms with Crippen LogP contribution in [0.1, 0.15) is 16.1 Å². The molecule has 3 nitrogen and oxygen atoms in total. The van der Waals surface area contributed by atoms with Gasteiger partial charge in [0, 0.05) is 11.1 Å². The maximum Gasteiger partial charge on any atom is 0.150 e. The van der Waals surface area contributed by atoms with E-state index in [1.807, 2.05) is 31.2 Å². The fourth-order valence-electron chi connectivity index (χ4n) is 1.32. The highest BCUT2D eigenvalue weighted by molar-refractivity contribution is 5.78. The Morgan fingerprint density at radius 3 is 2.67 bits per heavy atom. The molecule has 1 aromatic carbocycles. The van der Waals surface area contributed by atoms with E-state index in [0.29, 0.717) is 5.56 Å². The fraction of sp³-hybridized carbons (Fsp3) is 0.0833. The predicted octanol–water partition coefficient (Wildman–Crippen LogP) is 2.26. The molecule has 0 aliphatic carbocycles. The molecule has 0 saturated carbocycles. The maximum atomic E-state index is 10.6. The molecule has 0 fully saturated rings.